The minimum Gasteiger partial charge on any atom is -0.252 e. The van der Waals surface area contributed by atoms with Crippen LogP contribution in [0.25, 0.3) is 11.5 Å². The number of aromatic nitrogens is 3. The summed E-state index contributed by atoms with van der Waals surface area (Å²) < 4.78 is 0.892. The van der Waals surface area contributed by atoms with E-state index in [1.54, 1.807) is 12.3 Å². The van der Waals surface area contributed by atoms with E-state index in [0.29, 0.717) is 28.2 Å². The van der Waals surface area contributed by atoms with E-state index in [0.717, 1.165) is 10.0 Å². The standard InChI is InChI=1S/C11H8BrCl2N3/c1-2-7-9(13)16-11(17-10(7)14)8-4-3-6(12)5-15-8/h3-5H,2H2,1H3. The Labute approximate surface area is 117 Å². The molecule has 17 heavy (non-hydrogen) atoms. The predicted molar refractivity (Wildman–Crippen MR) is 72.4 cm³/mol. The van der Waals surface area contributed by atoms with Gasteiger partial charge in [0.25, 0.3) is 0 Å². The summed E-state index contributed by atoms with van der Waals surface area (Å²) in [7, 11) is 0. The van der Waals surface area contributed by atoms with Gasteiger partial charge in [-0.05, 0) is 34.5 Å². The van der Waals surface area contributed by atoms with Crippen LogP contribution in [0.1, 0.15) is 12.5 Å². The Bertz CT molecular complexity index is 520. The van der Waals surface area contributed by atoms with Crippen LogP contribution < -0.4 is 0 Å². The highest BCUT2D eigenvalue weighted by atomic mass is 79.9. The van der Waals surface area contributed by atoms with Gasteiger partial charge >= 0.3 is 0 Å². The van der Waals surface area contributed by atoms with Crippen LogP contribution in [0.15, 0.2) is 22.8 Å². The molecule has 2 aromatic rings. The minimum atomic E-state index is 0.382. The van der Waals surface area contributed by atoms with Crippen molar-refractivity contribution in [2.75, 3.05) is 0 Å². The Hall–Kier alpha value is -0.710. The van der Waals surface area contributed by atoms with Gasteiger partial charge in [0, 0.05) is 16.2 Å². The first-order valence-corrected chi connectivity index (χ1v) is 6.50. The molecule has 0 aliphatic carbocycles. The van der Waals surface area contributed by atoms with Crippen LogP contribution in [-0.4, -0.2) is 15.0 Å². The quantitative estimate of drug-likeness (QED) is 0.775. The first-order chi connectivity index (χ1) is 8.11. The molecule has 0 saturated heterocycles. The zero-order valence-corrected chi connectivity index (χ0v) is 12.0. The van der Waals surface area contributed by atoms with E-state index in [2.05, 4.69) is 30.9 Å². The highest BCUT2D eigenvalue weighted by molar-refractivity contribution is 9.10. The third-order valence-electron chi connectivity index (χ3n) is 2.22. The predicted octanol–water partition coefficient (Wildman–Crippen LogP) is 4.17. The fraction of sp³-hybridized carbons (Fsp3) is 0.182. The number of pyridine rings is 1. The zero-order valence-electron chi connectivity index (χ0n) is 8.91. The topological polar surface area (TPSA) is 38.7 Å². The lowest BCUT2D eigenvalue weighted by Crippen LogP contribution is -1.97. The Balaban J connectivity index is 2.50. The fourth-order valence-corrected chi connectivity index (χ4v) is 2.23. The molecular formula is C11H8BrCl2N3. The SMILES string of the molecule is CCc1c(Cl)nc(-c2ccc(Br)cn2)nc1Cl. The van der Waals surface area contributed by atoms with Gasteiger partial charge in [0.2, 0.25) is 0 Å². The monoisotopic (exact) mass is 331 g/mol. The first kappa shape index (κ1) is 12.7. The van der Waals surface area contributed by atoms with Crippen molar-refractivity contribution in [2.45, 2.75) is 13.3 Å². The van der Waals surface area contributed by atoms with Gasteiger partial charge in [-0.25, -0.2) is 9.97 Å². The molecule has 0 aromatic carbocycles. The Morgan fingerprint density at radius 3 is 2.29 bits per heavy atom. The molecule has 0 N–H and O–H groups in total. The summed E-state index contributed by atoms with van der Waals surface area (Å²) in [6.07, 6.45) is 2.37. The van der Waals surface area contributed by atoms with Crippen molar-refractivity contribution >= 4 is 39.1 Å². The summed E-state index contributed by atoms with van der Waals surface area (Å²) in [5.74, 6) is 0.435. The van der Waals surface area contributed by atoms with E-state index in [-0.39, 0.29) is 0 Å². The summed E-state index contributed by atoms with van der Waals surface area (Å²) in [5.41, 5.74) is 1.40. The molecule has 0 amide bonds. The van der Waals surface area contributed by atoms with E-state index in [9.17, 15) is 0 Å². The maximum atomic E-state index is 6.04. The van der Waals surface area contributed by atoms with Crippen LogP contribution in [0.4, 0.5) is 0 Å². The lowest BCUT2D eigenvalue weighted by molar-refractivity contribution is 1.04. The lowest BCUT2D eigenvalue weighted by Gasteiger charge is -2.05. The van der Waals surface area contributed by atoms with Gasteiger partial charge < -0.3 is 0 Å². The molecule has 0 aliphatic heterocycles. The van der Waals surface area contributed by atoms with Crippen LogP contribution in [0, 0.1) is 0 Å². The van der Waals surface area contributed by atoms with Crippen molar-refractivity contribution in [3.63, 3.8) is 0 Å². The van der Waals surface area contributed by atoms with Gasteiger partial charge in [0.1, 0.15) is 16.0 Å². The summed E-state index contributed by atoms with van der Waals surface area (Å²) in [5, 5.41) is 0.763. The number of hydrogen-bond donors (Lipinski definition) is 0. The smallest absolute Gasteiger partial charge is 0.181 e. The van der Waals surface area contributed by atoms with E-state index in [1.807, 2.05) is 13.0 Å². The molecular weight excluding hydrogens is 325 g/mol. The van der Waals surface area contributed by atoms with E-state index in [4.69, 9.17) is 23.2 Å². The highest BCUT2D eigenvalue weighted by Crippen LogP contribution is 2.25. The van der Waals surface area contributed by atoms with Gasteiger partial charge in [0.15, 0.2) is 5.82 Å². The second-order valence-corrected chi connectivity index (χ2v) is 4.95. The number of halogens is 3. The average Bonchev–Trinajstić information content (AvgIpc) is 2.29. The second kappa shape index (κ2) is 5.29. The van der Waals surface area contributed by atoms with Crippen molar-refractivity contribution in [2.24, 2.45) is 0 Å². The molecule has 0 fully saturated rings. The molecule has 3 nitrogen and oxygen atoms in total. The van der Waals surface area contributed by atoms with E-state index >= 15 is 0 Å². The lowest BCUT2D eigenvalue weighted by atomic mass is 10.2. The van der Waals surface area contributed by atoms with Crippen molar-refractivity contribution < 1.29 is 0 Å². The van der Waals surface area contributed by atoms with Crippen molar-refractivity contribution in [1.82, 2.24) is 15.0 Å². The molecule has 0 unspecified atom stereocenters. The molecule has 2 heterocycles. The molecule has 0 spiro atoms. The Kier molecular flexibility index (Phi) is 3.97. The molecule has 0 bridgehead atoms. The number of hydrogen-bond acceptors (Lipinski definition) is 3. The third-order valence-corrected chi connectivity index (χ3v) is 3.31. The van der Waals surface area contributed by atoms with Gasteiger partial charge in [0.05, 0.1) is 0 Å². The van der Waals surface area contributed by atoms with Crippen LogP contribution >= 0.6 is 39.1 Å². The molecule has 2 aromatic heterocycles. The summed E-state index contributed by atoms with van der Waals surface area (Å²) in [6.45, 7) is 1.95. The van der Waals surface area contributed by atoms with Gasteiger partial charge in [-0.15, -0.1) is 0 Å². The molecule has 2 rings (SSSR count). The molecule has 0 saturated carbocycles. The maximum absolute atomic E-state index is 6.04. The van der Waals surface area contributed by atoms with Crippen LogP contribution in [0.3, 0.4) is 0 Å². The van der Waals surface area contributed by atoms with Crippen molar-refractivity contribution in [3.05, 3.63) is 38.7 Å². The average molecular weight is 333 g/mol. The summed E-state index contributed by atoms with van der Waals surface area (Å²) >= 11 is 15.4. The maximum Gasteiger partial charge on any atom is 0.181 e. The molecule has 0 radical (unpaired) electrons. The number of nitrogens with zero attached hydrogens (tertiary/aromatic N) is 3. The fourth-order valence-electron chi connectivity index (χ4n) is 1.35. The second-order valence-electron chi connectivity index (χ2n) is 3.32. The van der Waals surface area contributed by atoms with Crippen LogP contribution in [0.2, 0.25) is 10.3 Å². The molecule has 88 valence electrons. The van der Waals surface area contributed by atoms with Gasteiger partial charge in [-0.1, -0.05) is 30.1 Å². The van der Waals surface area contributed by atoms with Gasteiger partial charge in [-0.2, -0.15) is 0 Å². The Morgan fingerprint density at radius 1 is 1.18 bits per heavy atom. The Morgan fingerprint density at radius 2 is 1.82 bits per heavy atom. The molecule has 0 atom stereocenters. The van der Waals surface area contributed by atoms with Crippen LogP contribution in [-0.2, 0) is 6.42 Å². The van der Waals surface area contributed by atoms with Crippen molar-refractivity contribution in [3.8, 4) is 11.5 Å². The van der Waals surface area contributed by atoms with Gasteiger partial charge in [-0.3, -0.25) is 4.98 Å². The first-order valence-electron chi connectivity index (χ1n) is 4.95. The van der Waals surface area contributed by atoms with Crippen molar-refractivity contribution in [1.29, 1.82) is 0 Å². The highest BCUT2D eigenvalue weighted by Gasteiger charge is 2.11. The zero-order chi connectivity index (χ0) is 12.4. The van der Waals surface area contributed by atoms with Crippen LogP contribution in [0.5, 0.6) is 0 Å². The number of rotatable bonds is 2. The third kappa shape index (κ3) is 2.76. The summed E-state index contributed by atoms with van der Waals surface area (Å²) in [6, 6.07) is 3.67. The van der Waals surface area contributed by atoms with E-state index in [1.165, 1.54) is 0 Å². The summed E-state index contributed by atoms with van der Waals surface area (Å²) in [4.78, 5) is 12.6. The largest absolute Gasteiger partial charge is 0.252 e. The minimum absolute atomic E-state index is 0.382. The molecule has 0 aliphatic rings. The van der Waals surface area contributed by atoms with E-state index < -0.39 is 0 Å². The normalized spacial score (nSPS) is 10.6. The molecule has 6 heteroatoms.